The molecule has 0 saturated heterocycles. The highest BCUT2D eigenvalue weighted by Gasteiger charge is 2.14. The van der Waals surface area contributed by atoms with E-state index in [4.69, 9.17) is 4.42 Å². The predicted molar refractivity (Wildman–Crippen MR) is 80.0 cm³/mol. The van der Waals surface area contributed by atoms with E-state index in [0.717, 1.165) is 23.6 Å². The number of carbonyl (C=O) groups is 1. The van der Waals surface area contributed by atoms with E-state index in [9.17, 15) is 4.79 Å². The summed E-state index contributed by atoms with van der Waals surface area (Å²) in [5.41, 5.74) is 0.629. The maximum Gasteiger partial charge on any atom is 0.254 e. The highest BCUT2D eigenvalue weighted by Crippen LogP contribution is 2.17. The lowest BCUT2D eigenvalue weighted by Gasteiger charge is -2.14. The summed E-state index contributed by atoms with van der Waals surface area (Å²) in [6, 6.07) is 7.48. The molecule has 5 heteroatoms. The highest BCUT2D eigenvalue weighted by atomic mass is 32.2. The zero-order valence-corrected chi connectivity index (χ0v) is 12.4. The van der Waals surface area contributed by atoms with E-state index >= 15 is 0 Å². The second-order valence-electron chi connectivity index (χ2n) is 4.55. The Hall–Kier alpha value is -1.75. The second kappa shape index (κ2) is 7.14. The Bertz CT molecular complexity index is 555. The predicted octanol–water partition coefficient (Wildman–Crippen LogP) is 3.15. The third-order valence-electron chi connectivity index (χ3n) is 2.99. The van der Waals surface area contributed by atoms with Gasteiger partial charge in [0.05, 0.1) is 11.8 Å². The third kappa shape index (κ3) is 3.87. The molecule has 4 nitrogen and oxygen atoms in total. The van der Waals surface area contributed by atoms with Crippen LogP contribution in [-0.2, 0) is 6.42 Å². The highest BCUT2D eigenvalue weighted by molar-refractivity contribution is 7.98. The molecule has 1 N–H and O–H groups in total. The Morgan fingerprint density at radius 3 is 3.00 bits per heavy atom. The molecular weight excluding hydrogens is 272 g/mol. The standard InChI is InChI=1S/C15H18N2O2S/c1-11(7-8-12-5-4-10-19-12)17-14(18)13-6-3-9-16-15(13)20-2/h3-6,9-11H,7-8H2,1-2H3,(H,17,18). The molecule has 2 rings (SSSR count). The zero-order chi connectivity index (χ0) is 14.4. The summed E-state index contributed by atoms with van der Waals surface area (Å²) in [5, 5.41) is 3.75. The van der Waals surface area contributed by atoms with Gasteiger partial charge in [0.25, 0.3) is 5.91 Å². The van der Waals surface area contributed by atoms with E-state index in [1.807, 2.05) is 25.3 Å². The molecule has 0 aliphatic rings. The number of amides is 1. The first-order valence-corrected chi connectivity index (χ1v) is 7.75. The molecule has 0 bridgehead atoms. The molecule has 0 spiro atoms. The first-order chi connectivity index (χ1) is 9.70. The van der Waals surface area contributed by atoms with E-state index in [-0.39, 0.29) is 11.9 Å². The molecule has 0 fully saturated rings. The van der Waals surface area contributed by atoms with Gasteiger partial charge in [-0.3, -0.25) is 4.79 Å². The lowest BCUT2D eigenvalue weighted by atomic mass is 10.1. The van der Waals surface area contributed by atoms with Crippen LogP contribution in [0, 0.1) is 0 Å². The summed E-state index contributed by atoms with van der Waals surface area (Å²) in [6.45, 7) is 2.00. The van der Waals surface area contributed by atoms with Gasteiger partial charge in [-0.1, -0.05) is 0 Å². The Morgan fingerprint density at radius 2 is 2.30 bits per heavy atom. The molecule has 1 unspecified atom stereocenters. The van der Waals surface area contributed by atoms with Gasteiger partial charge in [0.15, 0.2) is 0 Å². The first-order valence-electron chi connectivity index (χ1n) is 6.53. The second-order valence-corrected chi connectivity index (χ2v) is 5.35. The minimum Gasteiger partial charge on any atom is -0.469 e. The van der Waals surface area contributed by atoms with Crippen molar-refractivity contribution in [3.05, 3.63) is 48.0 Å². The van der Waals surface area contributed by atoms with Gasteiger partial charge in [0.1, 0.15) is 10.8 Å². The van der Waals surface area contributed by atoms with Crippen LogP contribution in [0.4, 0.5) is 0 Å². The molecular formula is C15H18N2O2S. The maximum atomic E-state index is 12.2. The number of thioether (sulfide) groups is 1. The van der Waals surface area contributed by atoms with Crippen LogP contribution < -0.4 is 5.32 Å². The van der Waals surface area contributed by atoms with Crippen LogP contribution >= 0.6 is 11.8 Å². The van der Waals surface area contributed by atoms with Crippen LogP contribution in [-0.4, -0.2) is 23.2 Å². The van der Waals surface area contributed by atoms with Crippen molar-refractivity contribution in [1.82, 2.24) is 10.3 Å². The van der Waals surface area contributed by atoms with Crippen LogP contribution in [0.15, 0.2) is 46.2 Å². The number of furan rings is 1. The van der Waals surface area contributed by atoms with Gasteiger partial charge < -0.3 is 9.73 Å². The Balaban J connectivity index is 1.90. The van der Waals surface area contributed by atoms with Crippen molar-refractivity contribution in [3.8, 4) is 0 Å². The molecule has 1 amide bonds. The largest absolute Gasteiger partial charge is 0.469 e. The van der Waals surface area contributed by atoms with Gasteiger partial charge in [0, 0.05) is 18.7 Å². The lowest BCUT2D eigenvalue weighted by molar-refractivity contribution is 0.0934. The molecule has 0 radical (unpaired) electrons. The summed E-state index contributed by atoms with van der Waals surface area (Å²) >= 11 is 1.48. The number of aryl methyl sites for hydroxylation is 1. The van der Waals surface area contributed by atoms with E-state index in [1.165, 1.54) is 11.8 Å². The molecule has 20 heavy (non-hydrogen) atoms. The molecule has 0 aliphatic carbocycles. The molecule has 2 aromatic heterocycles. The summed E-state index contributed by atoms with van der Waals surface area (Å²) in [4.78, 5) is 16.4. The van der Waals surface area contributed by atoms with Gasteiger partial charge in [-0.2, -0.15) is 0 Å². The topological polar surface area (TPSA) is 55.1 Å². The minimum atomic E-state index is -0.0746. The zero-order valence-electron chi connectivity index (χ0n) is 11.6. The van der Waals surface area contributed by atoms with E-state index in [1.54, 1.807) is 24.6 Å². The minimum absolute atomic E-state index is 0.0746. The van der Waals surface area contributed by atoms with Crippen molar-refractivity contribution in [1.29, 1.82) is 0 Å². The number of nitrogens with one attached hydrogen (secondary N) is 1. The number of hydrogen-bond donors (Lipinski definition) is 1. The fourth-order valence-corrected chi connectivity index (χ4v) is 2.46. The summed E-state index contributed by atoms with van der Waals surface area (Å²) < 4.78 is 5.28. The fourth-order valence-electron chi connectivity index (χ4n) is 1.91. The number of rotatable bonds is 6. The molecule has 0 saturated carbocycles. The Kier molecular flexibility index (Phi) is 5.24. The molecule has 2 heterocycles. The summed E-state index contributed by atoms with van der Waals surface area (Å²) in [6.07, 6.45) is 6.94. The number of nitrogens with zero attached hydrogens (tertiary/aromatic N) is 1. The summed E-state index contributed by atoms with van der Waals surface area (Å²) in [7, 11) is 0. The SMILES string of the molecule is CSc1ncccc1C(=O)NC(C)CCc1ccco1. The smallest absolute Gasteiger partial charge is 0.254 e. The van der Waals surface area contributed by atoms with E-state index in [0.29, 0.717) is 5.56 Å². The van der Waals surface area contributed by atoms with Crippen LogP contribution in [0.25, 0.3) is 0 Å². The van der Waals surface area contributed by atoms with Crippen molar-refractivity contribution >= 4 is 17.7 Å². The van der Waals surface area contributed by atoms with Crippen molar-refractivity contribution < 1.29 is 9.21 Å². The van der Waals surface area contributed by atoms with Crippen molar-refractivity contribution in [3.63, 3.8) is 0 Å². The van der Waals surface area contributed by atoms with Gasteiger partial charge in [-0.05, 0) is 43.9 Å². The number of hydrogen-bond acceptors (Lipinski definition) is 4. The monoisotopic (exact) mass is 290 g/mol. The van der Waals surface area contributed by atoms with Crippen molar-refractivity contribution in [2.45, 2.75) is 30.8 Å². The van der Waals surface area contributed by atoms with Gasteiger partial charge >= 0.3 is 0 Å². The first kappa shape index (κ1) is 14.7. The third-order valence-corrected chi connectivity index (χ3v) is 3.70. The molecule has 0 aromatic carbocycles. The molecule has 2 aromatic rings. The fraction of sp³-hybridized carbons (Fsp3) is 0.333. The van der Waals surface area contributed by atoms with Crippen LogP contribution in [0.3, 0.4) is 0 Å². The van der Waals surface area contributed by atoms with Gasteiger partial charge in [0.2, 0.25) is 0 Å². The maximum absolute atomic E-state index is 12.2. The summed E-state index contributed by atoms with van der Waals surface area (Å²) in [5.74, 6) is 0.867. The Labute approximate surface area is 123 Å². The van der Waals surface area contributed by atoms with Crippen molar-refractivity contribution in [2.75, 3.05) is 6.26 Å². The Morgan fingerprint density at radius 1 is 1.45 bits per heavy atom. The normalized spacial score (nSPS) is 12.1. The van der Waals surface area contributed by atoms with Gasteiger partial charge in [-0.25, -0.2) is 4.98 Å². The molecule has 106 valence electrons. The number of aromatic nitrogens is 1. The van der Waals surface area contributed by atoms with Crippen LogP contribution in [0.5, 0.6) is 0 Å². The van der Waals surface area contributed by atoms with Crippen LogP contribution in [0.2, 0.25) is 0 Å². The average Bonchev–Trinajstić information content (AvgIpc) is 2.98. The van der Waals surface area contributed by atoms with Crippen molar-refractivity contribution in [2.24, 2.45) is 0 Å². The number of pyridine rings is 1. The quantitative estimate of drug-likeness (QED) is 0.830. The molecule has 1 atom stereocenters. The van der Waals surface area contributed by atoms with E-state index in [2.05, 4.69) is 10.3 Å². The number of carbonyl (C=O) groups excluding carboxylic acids is 1. The molecule has 0 aliphatic heterocycles. The van der Waals surface area contributed by atoms with E-state index < -0.39 is 0 Å². The lowest BCUT2D eigenvalue weighted by Crippen LogP contribution is -2.33. The average molecular weight is 290 g/mol. The van der Waals surface area contributed by atoms with Crippen LogP contribution in [0.1, 0.15) is 29.5 Å². The van der Waals surface area contributed by atoms with Gasteiger partial charge in [-0.15, -0.1) is 11.8 Å².